The first-order chi connectivity index (χ1) is 4.34. The van der Waals surface area contributed by atoms with Gasteiger partial charge in [-0.3, -0.25) is 4.79 Å². The normalized spacial score (nSPS) is 9.44. The third-order valence-corrected chi connectivity index (χ3v) is 1.35. The topological polar surface area (TPSA) is 42.2 Å². The SMILES string of the molecule is O=c1ccccn1SO. The number of pyridine rings is 1. The van der Waals surface area contributed by atoms with Crippen molar-refractivity contribution in [3.63, 3.8) is 0 Å². The molecule has 0 aromatic carbocycles. The molecule has 1 rings (SSSR count). The van der Waals surface area contributed by atoms with Crippen molar-refractivity contribution in [3.8, 4) is 0 Å². The molecule has 1 heterocycles. The Hall–Kier alpha value is -0.740. The molecule has 48 valence electrons. The fourth-order valence-corrected chi connectivity index (χ4v) is 0.746. The minimum absolute atomic E-state index is 0.218. The van der Waals surface area contributed by atoms with Crippen molar-refractivity contribution in [2.75, 3.05) is 0 Å². The van der Waals surface area contributed by atoms with E-state index in [9.17, 15) is 4.79 Å². The van der Waals surface area contributed by atoms with Gasteiger partial charge < -0.3 is 4.55 Å². The highest BCUT2D eigenvalue weighted by molar-refractivity contribution is 7.92. The molecule has 1 aromatic rings. The van der Waals surface area contributed by atoms with Crippen molar-refractivity contribution in [1.82, 2.24) is 3.97 Å². The van der Waals surface area contributed by atoms with Crippen LogP contribution in [0.15, 0.2) is 29.2 Å². The molecular weight excluding hydrogens is 138 g/mol. The lowest BCUT2D eigenvalue weighted by Crippen LogP contribution is -2.10. The van der Waals surface area contributed by atoms with Crippen LogP contribution in [0.1, 0.15) is 0 Å². The van der Waals surface area contributed by atoms with Crippen molar-refractivity contribution in [2.45, 2.75) is 0 Å². The number of hydrogen-bond donors (Lipinski definition) is 1. The van der Waals surface area contributed by atoms with Crippen LogP contribution in [0.2, 0.25) is 0 Å². The molecule has 0 aliphatic carbocycles. The zero-order valence-electron chi connectivity index (χ0n) is 4.52. The third kappa shape index (κ3) is 1.34. The summed E-state index contributed by atoms with van der Waals surface area (Å²) in [7, 11) is 0. The molecule has 4 heteroatoms. The van der Waals surface area contributed by atoms with Crippen LogP contribution in [0, 0.1) is 0 Å². The van der Waals surface area contributed by atoms with E-state index >= 15 is 0 Å². The Bertz CT molecular complexity index is 245. The van der Waals surface area contributed by atoms with Gasteiger partial charge in [-0.05, 0) is 6.07 Å². The molecule has 0 spiro atoms. The maximum atomic E-state index is 10.6. The molecule has 3 nitrogen and oxygen atoms in total. The maximum Gasteiger partial charge on any atom is 0.262 e. The largest absolute Gasteiger partial charge is 0.312 e. The summed E-state index contributed by atoms with van der Waals surface area (Å²) in [4.78, 5) is 10.6. The number of rotatable bonds is 1. The summed E-state index contributed by atoms with van der Waals surface area (Å²) in [6.07, 6.45) is 1.49. The van der Waals surface area contributed by atoms with E-state index < -0.39 is 0 Å². The van der Waals surface area contributed by atoms with Crippen LogP contribution in [0.3, 0.4) is 0 Å². The Labute approximate surface area is 56.3 Å². The van der Waals surface area contributed by atoms with Gasteiger partial charge in [-0.2, -0.15) is 0 Å². The summed E-state index contributed by atoms with van der Waals surface area (Å²) >= 11 is 0.400. The molecule has 1 aromatic heterocycles. The zero-order valence-corrected chi connectivity index (χ0v) is 5.34. The second-order valence-electron chi connectivity index (χ2n) is 1.45. The molecule has 0 atom stereocenters. The van der Waals surface area contributed by atoms with Gasteiger partial charge in [0.2, 0.25) is 0 Å². The molecule has 0 aliphatic heterocycles. The van der Waals surface area contributed by atoms with Gasteiger partial charge in [0, 0.05) is 12.3 Å². The van der Waals surface area contributed by atoms with Gasteiger partial charge in [0.25, 0.3) is 5.56 Å². The Morgan fingerprint density at radius 1 is 1.56 bits per heavy atom. The molecule has 0 saturated heterocycles. The number of nitrogens with zero attached hydrogens (tertiary/aromatic N) is 1. The second-order valence-corrected chi connectivity index (χ2v) is 2.00. The van der Waals surface area contributed by atoms with E-state index in [2.05, 4.69) is 0 Å². The molecule has 9 heavy (non-hydrogen) atoms. The summed E-state index contributed by atoms with van der Waals surface area (Å²) in [6.45, 7) is 0. The van der Waals surface area contributed by atoms with Crippen LogP contribution in [-0.2, 0) is 0 Å². The summed E-state index contributed by atoms with van der Waals surface area (Å²) in [5.74, 6) is 0. The summed E-state index contributed by atoms with van der Waals surface area (Å²) in [5.41, 5.74) is -0.218. The molecule has 0 saturated carbocycles. The van der Waals surface area contributed by atoms with Crippen LogP contribution >= 0.6 is 12.2 Å². The van der Waals surface area contributed by atoms with Gasteiger partial charge in [-0.25, -0.2) is 3.97 Å². The monoisotopic (exact) mass is 143 g/mol. The average molecular weight is 143 g/mol. The predicted octanol–water partition coefficient (Wildman–Crippen LogP) is 0.818. The van der Waals surface area contributed by atoms with Gasteiger partial charge in [0.15, 0.2) is 0 Å². The van der Waals surface area contributed by atoms with Crippen LogP contribution in [-0.4, -0.2) is 8.53 Å². The predicted molar refractivity (Wildman–Crippen MR) is 36.3 cm³/mol. The minimum Gasteiger partial charge on any atom is -0.312 e. The first kappa shape index (κ1) is 6.38. The summed E-state index contributed by atoms with van der Waals surface area (Å²) in [5, 5.41) is 0. The quantitative estimate of drug-likeness (QED) is 0.592. The van der Waals surface area contributed by atoms with Crippen LogP contribution in [0.5, 0.6) is 0 Å². The van der Waals surface area contributed by atoms with Crippen molar-refractivity contribution >= 4 is 12.2 Å². The van der Waals surface area contributed by atoms with E-state index in [0.29, 0.717) is 12.2 Å². The fraction of sp³-hybridized carbons (Fsp3) is 0. The van der Waals surface area contributed by atoms with Gasteiger partial charge in [-0.1, -0.05) is 6.07 Å². The van der Waals surface area contributed by atoms with E-state index in [-0.39, 0.29) is 5.56 Å². The van der Waals surface area contributed by atoms with Gasteiger partial charge in [-0.15, -0.1) is 0 Å². The van der Waals surface area contributed by atoms with E-state index in [1.165, 1.54) is 12.3 Å². The second kappa shape index (κ2) is 2.70. The Kier molecular flexibility index (Phi) is 1.92. The maximum absolute atomic E-state index is 10.6. The average Bonchev–Trinajstić information content (AvgIpc) is 1.89. The third-order valence-electron chi connectivity index (χ3n) is 0.877. The molecule has 1 N–H and O–H groups in total. The van der Waals surface area contributed by atoms with Crippen molar-refractivity contribution in [1.29, 1.82) is 0 Å². The number of hydrogen-bond acceptors (Lipinski definition) is 3. The van der Waals surface area contributed by atoms with E-state index in [1.807, 2.05) is 0 Å². The number of aromatic nitrogens is 1. The molecule has 0 amide bonds. The standard InChI is InChI=1S/C5H5NO2S/c7-5-3-1-2-4-6(5)9-8/h1-4,8H. The first-order valence-corrected chi connectivity index (χ1v) is 3.07. The van der Waals surface area contributed by atoms with Crippen molar-refractivity contribution in [2.24, 2.45) is 0 Å². The highest BCUT2D eigenvalue weighted by atomic mass is 32.2. The van der Waals surface area contributed by atoms with Gasteiger partial charge >= 0.3 is 0 Å². The molecule has 0 aliphatic rings. The lowest BCUT2D eigenvalue weighted by atomic mass is 10.5. The molecule has 0 bridgehead atoms. The molecule has 0 fully saturated rings. The zero-order chi connectivity index (χ0) is 6.69. The fourth-order valence-electron chi connectivity index (χ4n) is 0.480. The molecule has 0 unspecified atom stereocenters. The summed E-state index contributed by atoms with van der Waals surface area (Å²) in [6, 6.07) is 4.67. The van der Waals surface area contributed by atoms with Crippen LogP contribution in [0.25, 0.3) is 0 Å². The van der Waals surface area contributed by atoms with E-state index in [1.54, 1.807) is 12.1 Å². The lowest BCUT2D eigenvalue weighted by molar-refractivity contribution is 0.654. The summed E-state index contributed by atoms with van der Waals surface area (Å²) < 4.78 is 9.52. The highest BCUT2D eigenvalue weighted by Crippen LogP contribution is 1.91. The van der Waals surface area contributed by atoms with Crippen molar-refractivity contribution < 1.29 is 4.55 Å². The lowest BCUT2D eigenvalue weighted by Gasteiger charge is -1.92. The van der Waals surface area contributed by atoms with Gasteiger partial charge in [0.05, 0.1) is 0 Å². The smallest absolute Gasteiger partial charge is 0.262 e. The molecule has 0 radical (unpaired) electrons. The molecular formula is C5H5NO2S. The Morgan fingerprint density at radius 2 is 2.33 bits per heavy atom. The minimum atomic E-state index is -0.218. The van der Waals surface area contributed by atoms with Crippen molar-refractivity contribution in [3.05, 3.63) is 34.7 Å². The van der Waals surface area contributed by atoms with Gasteiger partial charge in [0.1, 0.15) is 12.2 Å². The first-order valence-electron chi connectivity index (χ1n) is 2.34. The van der Waals surface area contributed by atoms with Crippen LogP contribution < -0.4 is 5.56 Å². The Morgan fingerprint density at radius 3 is 2.78 bits per heavy atom. The van der Waals surface area contributed by atoms with E-state index in [0.717, 1.165) is 3.97 Å². The van der Waals surface area contributed by atoms with Crippen LogP contribution in [0.4, 0.5) is 0 Å². The Balaban J connectivity index is 3.16. The highest BCUT2D eigenvalue weighted by Gasteiger charge is 1.87. The van der Waals surface area contributed by atoms with E-state index in [4.69, 9.17) is 4.55 Å².